The zero-order chi connectivity index (χ0) is 21.3. The third kappa shape index (κ3) is 3.93. The van der Waals surface area contributed by atoms with Gasteiger partial charge in [-0.3, -0.25) is 4.72 Å². The van der Waals surface area contributed by atoms with Gasteiger partial charge in [0.05, 0.1) is 16.1 Å². The Morgan fingerprint density at radius 2 is 1.73 bits per heavy atom. The second-order valence-electron chi connectivity index (χ2n) is 6.29. The summed E-state index contributed by atoms with van der Waals surface area (Å²) in [5.74, 6) is -1.18. The number of benzene rings is 2. The fourth-order valence-corrected chi connectivity index (χ4v) is 4.10. The summed E-state index contributed by atoms with van der Waals surface area (Å²) in [6, 6.07) is 16.0. The lowest BCUT2D eigenvalue weighted by molar-refractivity contribution is 0.0689. The average Bonchev–Trinajstić information content (AvgIpc) is 2.75. The molecule has 0 aliphatic heterocycles. The first kappa shape index (κ1) is 19.7. The number of hydrogen-bond acceptors (Lipinski definition) is 6. The van der Waals surface area contributed by atoms with E-state index in [1.54, 1.807) is 42.5 Å². The lowest BCUT2D eigenvalue weighted by atomic mass is 10.0. The molecular formula is C20H13ClN4O4S. The molecule has 2 heterocycles. The number of carbonyl (C=O) groups is 1. The van der Waals surface area contributed by atoms with E-state index < -0.39 is 16.0 Å². The van der Waals surface area contributed by atoms with Crippen molar-refractivity contribution >= 4 is 44.2 Å². The van der Waals surface area contributed by atoms with E-state index in [4.69, 9.17) is 16.7 Å². The van der Waals surface area contributed by atoms with Crippen molar-refractivity contribution in [2.24, 2.45) is 0 Å². The quantitative estimate of drug-likeness (QED) is 0.452. The van der Waals surface area contributed by atoms with Crippen LogP contribution in [0.25, 0.3) is 22.0 Å². The van der Waals surface area contributed by atoms with E-state index in [2.05, 4.69) is 19.9 Å². The first-order valence-corrected chi connectivity index (χ1v) is 10.4. The van der Waals surface area contributed by atoms with Gasteiger partial charge in [-0.25, -0.2) is 18.2 Å². The number of carboxylic acids is 1. The molecule has 0 saturated carbocycles. The highest BCUT2D eigenvalue weighted by molar-refractivity contribution is 7.92. The van der Waals surface area contributed by atoms with Gasteiger partial charge in [0.2, 0.25) is 0 Å². The van der Waals surface area contributed by atoms with Gasteiger partial charge in [-0.05, 0) is 42.0 Å². The first-order chi connectivity index (χ1) is 14.3. The van der Waals surface area contributed by atoms with Crippen molar-refractivity contribution < 1.29 is 18.3 Å². The Morgan fingerprint density at radius 3 is 2.47 bits per heavy atom. The monoisotopic (exact) mass is 440 g/mol. The number of pyridine rings is 1. The molecule has 0 radical (unpaired) electrons. The topological polar surface area (TPSA) is 122 Å². The molecule has 0 aliphatic carbocycles. The summed E-state index contributed by atoms with van der Waals surface area (Å²) in [4.78, 5) is 15.3. The molecule has 0 saturated heterocycles. The minimum Gasteiger partial charge on any atom is -0.476 e. The number of fused-ring (bicyclic) bond motifs is 1. The number of sulfonamides is 1. The number of halogens is 1. The molecular weight excluding hydrogens is 428 g/mol. The summed E-state index contributed by atoms with van der Waals surface area (Å²) >= 11 is 6.11. The number of nitrogens with zero attached hydrogens (tertiary/aromatic N) is 3. The SMILES string of the molecule is O=C(O)c1cc2cc(-c3cnc(Cl)c(NS(=O)(=O)c4ccccc4)c3)ccc2nn1. The Balaban J connectivity index is 1.73. The minimum atomic E-state index is -3.84. The van der Waals surface area contributed by atoms with Crippen LogP contribution in [-0.4, -0.2) is 34.7 Å². The van der Waals surface area contributed by atoms with E-state index in [9.17, 15) is 13.2 Å². The molecule has 2 aromatic heterocycles. The van der Waals surface area contributed by atoms with Gasteiger partial charge in [-0.1, -0.05) is 35.9 Å². The van der Waals surface area contributed by atoms with Crippen molar-refractivity contribution in [3.05, 3.63) is 77.7 Å². The molecule has 10 heteroatoms. The number of hydrogen-bond donors (Lipinski definition) is 2. The predicted octanol–water partition coefficient (Wildman–Crippen LogP) is 3.84. The molecule has 2 aromatic carbocycles. The molecule has 0 bridgehead atoms. The van der Waals surface area contributed by atoms with Crippen LogP contribution in [0.3, 0.4) is 0 Å². The maximum atomic E-state index is 12.6. The van der Waals surface area contributed by atoms with Gasteiger partial charge in [0.15, 0.2) is 10.8 Å². The maximum Gasteiger partial charge on any atom is 0.356 e. The third-order valence-corrected chi connectivity index (χ3v) is 5.96. The van der Waals surface area contributed by atoms with Crippen LogP contribution in [-0.2, 0) is 10.0 Å². The van der Waals surface area contributed by atoms with Crippen LogP contribution in [0.1, 0.15) is 10.5 Å². The second kappa shape index (κ2) is 7.69. The Morgan fingerprint density at radius 1 is 0.967 bits per heavy atom. The van der Waals surface area contributed by atoms with Crippen LogP contribution >= 0.6 is 11.6 Å². The molecule has 0 aliphatic rings. The summed E-state index contributed by atoms with van der Waals surface area (Å²) < 4.78 is 27.7. The van der Waals surface area contributed by atoms with Crippen molar-refractivity contribution in [2.75, 3.05) is 4.72 Å². The maximum absolute atomic E-state index is 12.6. The van der Waals surface area contributed by atoms with Crippen molar-refractivity contribution in [2.45, 2.75) is 4.90 Å². The van der Waals surface area contributed by atoms with E-state index in [1.165, 1.54) is 24.4 Å². The molecule has 8 nitrogen and oxygen atoms in total. The lowest BCUT2D eigenvalue weighted by Gasteiger charge is -2.11. The highest BCUT2D eigenvalue weighted by Crippen LogP contribution is 2.30. The Hall–Kier alpha value is -3.56. The summed E-state index contributed by atoms with van der Waals surface area (Å²) in [6.07, 6.45) is 1.50. The lowest BCUT2D eigenvalue weighted by Crippen LogP contribution is -2.13. The largest absolute Gasteiger partial charge is 0.476 e. The van der Waals surface area contributed by atoms with Gasteiger partial charge < -0.3 is 5.11 Å². The van der Waals surface area contributed by atoms with Crippen molar-refractivity contribution in [1.82, 2.24) is 15.2 Å². The Kier molecular flexibility index (Phi) is 5.06. The first-order valence-electron chi connectivity index (χ1n) is 8.58. The molecule has 4 aromatic rings. The minimum absolute atomic E-state index is 0.00178. The second-order valence-corrected chi connectivity index (χ2v) is 8.33. The Labute approximate surface area is 176 Å². The average molecular weight is 441 g/mol. The van der Waals surface area contributed by atoms with Crippen LogP contribution in [0.15, 0.2) is 71.8 Å². The summed E-state index contributed by atoms with van der Waals surface area (Å²) in [6.45, 7) is 0. The van der Waals surface area contributed by atoms with E-state index in [0.717, 1.165) is 0 Å². The van der Waals surface area contributed by atoms with Gasteiger partial charge in [-0.2, -0.15) is 0 Å². The molecule has 150 valence electrons. The molecule has 0 amide bonds. The van der Waals surface area contributed by atoms with Crippen molar-refractivity contribution in [3.63, 3.8) is 0 Å². The third-order valence-electron chi connectivity index (χ3n) is 4.27. The van der Waals surface area contributed by atoms with Gasteiger partial charge in [0.25, 0.3) is 10.0 Å². The molecule has 0 fully saturated rings. The van der Waals surface area contributed by atoms with E-state index in [-0.39, 0.29) is 21.4 Å². The van der Waals surface area contributed by atoms with Gasteiger partial charge in [0.1, 0.15) is 0 Å². The molecule has 4 rings (SSSR count). The number of anilines is 1. The smallest absolute Gasteiger partial charge is 0.356 e. The van der Waals surface area contributed by atoms with Crippen LogP contribution in [0, 0.1) is 0 Å². The van der Waals surface area contributed by atoms with E-state index in [0.29, 0.717) is 22.0 Å². The summed E-state index contributed by atoms with van der Waals surface area (Å²) in [5.41, 5.74) is 1.73. The zero-order valence-corrected chi connectivity index (χ0v) is 16.7. The van der Waals surface area contributed by atoms with Gasteiger partial charge in [0, 0.05) is 17.1 Å². The van der Waals surface area contributed by atoms with E-state index in [1.807, 2.05) is 0 Å². The fourth-order valence-electron chi connectivity index (χ4n) is 2.81. The summed E-state index contributed by atoms with van der Waals surface area (Å²) in [7, 11) is -3.84. The van der Waals surface area contributed by atoms with Gasteiger partial charge >= 0.3 is 5.97 Å². The number of rotatable bonds is 5. The highest BCUT2D eigenvalue weighted by Gasteiger charge is 2.17. The van der Waals surface area contributed by atoms with Crippen molar-refractivity contribution in [3.8, 4) is 11.1 Å². The number of aromatic nitrogens is 3. The molecule has 2 N–H and O–H groups in total. The fraction of sp³-hybridized carbons (Fsp3) is 0. The number of nitrogens with one attached hydrogen (secondary N) is 1. The predicted molar refractivity (Wildman–Crippen MR) is 112 cm³/mol. The molecule has 30 heavy (non-hydrogen) atoms. The van der Waals surface area contributed by atoms with Crippen LogP contribution in [0.4, 0.5) is 5.69 Å². The summed E-state index contributed by atoms with van der Waals surface area (Å²) in [5, 5.41) is 17.2. The standard InChI is InChI=1S/C20H13ClN4O4S/c21-19-17(25-30(28,29)15-4-2-1-3-5-15)10-14(11-22-19)12-6-7-16-13(8-12)9-18(20(26)27)24-23-16/h1-11,25H,(H,26,27). The molecule has 0 spiro atoms. The molecule has 0 atom stereocenters. The highest BCUT2D eigenvalue weighted by atomic mass is 35.5. The van der Waals surface area contributed by atoms with Crippen LogP contribution < -0.4 is 4.72 Å². The van der Waals surface area contributed by atoms with E-state index >= 15 is 0 Å². The van der Waals surface area contributed by atoms with Crippen LogP contribution in [0.2, 0.25) is 5.15 Å². The van der Waals surface area contributed by atoms with Crippen LogP contribution in [0.5, 0.6) is 0 Å². The number of aromatic carboxylic acids is 1. The normalized spacial score (nSPS) is 11.4. The number of carboxylic acid groups (broad SMARTS) is 1. The van der Waals surface area contributed by atoms with Crippen molar-refractivity contribution in [1.29, 1.82) is 0 Å². The Bertz CT molecular complexity index is 1380. The zero-order valence-electron chi connectivity index (χ0n) is 15.2. The van der Waals surface area contributed by atoms with Gasteiger partial charge in [-0.15, -0.1) is 10.2 Å². The molecule has 0 unspecified atom stereocenters.